The molecule has 1 aliphatic rings. The zero-order valence-corrected chi connectivity index (χ0v) is 27.8. The average molecular weight is 676 g/mol. The van der Waals surface area contributed by atoms with Crippen molar-refractivity contribution in [3.05, 3.63) is 119 Å². The molecule has 0 amide bonds. The summed E-state index contributed by atoms with van der Waals surface area (Å²) in [7, 11) is -9.27. The van der Waals surface area contributed by atoms with Gasteiger partial charge in [-0.25, -0.2) is 21.6 Å². The molecule has 47 heavy (non-hydrogen) atoms. The van der Waals surface area contributed by atoms with Gasteiger partial charge < -0.3 is 18.6 Å². The van der Waals surface area contributed by atoms with E-state index in [0.717, 1.165) is 11.1 Å². The van der Waals surface area contributed by atoms with Gasteiger partial charge in [0.05, 0.1) is 27.6 Å². The van der Waals surface area contributed by atoms with Crippen LogP contribution in [0, 0.1) is 13.8 Å². The van der Waals surface area contributed by atoms with Gasteiger partial charge in [0, 0.05) is 5.39 Å². The van der Waals surface area contributed by atoms with Crippen molar-refractivity contribution >= 4 is 36.7 Å². The lowest BCUT2D eigenvalue weighted by Crippen LogP contribution is -2.37. The Morgan fingerprint density at radius 3 is 2.00 bits per heavy atom. The quantitative estimate of drug-likeness (QED) is 0.168. The topological polar surface area (TPSA) is 129 Å². The molecule has 0 radical (unpaired) electrons. The van der Waals surface area contributed by atoms with Gasteiger partial charge in [-0.05, 0) is 93.9 Å². The van der Waals surface area contributed by atoms with Crippen LogP contribution in [0.25, 0.3) is 22.1 Å². The van der Waals surface area contributed by atoms with Crippen LogP contribution in [0.2, 0.25) is 0 Å². The van der Waals surface area contributed by atoms with Gasteiger partial charge in [0.15, 0.2) is 5.79 Å². The maximum atomic E-state index is 14.1. The van der Waals surface area contributed by atoms with Crippen molar-refractivity contribution in [1.29, 1.82) is 0 Å². The van der Waals surface area contributed by atoms with Crippen LogP contribution in [0.3, 0.4) is 0 Å². The Labute approximate surface area is 273 Å². The molecule has 1 unspecified atom stereocenters. The van der Waals surface area contributed by atoms with E-state index in [0.29, 0.717) is 27.0 Å². The van der Waals surface area contributed by atoms with Crippen LogP contribution in [0.4, 0.5) is 5.69 Å². The van der Waals surface area contributed by atoms with Crippen molar-refractivity contribution in [2.75, 3.05) is 16.9 Å². The van der Waals surface area contributed by atoms with E-state index in [2.05, 4.69) is 0 Å². The molecule has 2 heterocycles. The van der Waals surface area contributed by atoms with Crippen molar-refractivity contribution in [2.45, 2.75) is 49.4 Å². The Kier molecular flexibility index (Phi) is 8.47. The van der Waals surface area contributed by atoms with E-state index in [1.165, 1.54) is 48.5 Å². The predicted octanol–water partition coefficient (Wildman–Crippen LogP) is 6.19. The first-order valence-corrected chi connectivity index (χ1v) is 17.7. The first-order chi connectivity index (χ1) is 22.2. The van der Waals surface area contributed by atoms with Crippen LogP contribution >= 0.6 is 0 Å². The van der Waals surface area contributed by atoms with Crippen molar-refractivity contribution in [3.8, 4) is 16.9 Å². The van der Waals surface area contributed by atoms with E-state index in [-0.39, 0.29) is 39.3 Å². The summed E-state index contributed by atoms with van der Waals surface area (Å²) in [5, 5.41) is 0.311. The fraction of sp³-hybridized carbons (Fsp3) is 0.229. The Morgan fingerprint density at radius 2 is 1.43 bits per heavy atom. The lowest BCUT2D eigenvalue weighted by atomic mass is 10.1. The molecular formula is C35H33NO9S2. The highest BCUT2D eigenvalue weighted by molar-refractivity contribution is 8.10. The van der Waals surface area contributed by atoms with Gasteiger partial charge in [-0.15, -0.1) is 0 Å². The van der Waals surface area contributed by atoms with Crippen LogP contribution < -0.4 is 14.1 Å². The summed E-state index contributed by atoms with van der Waals surface area (Å²) in [6.07, 6.45) is -0.256. The molecular weight excluding hydrogens is 643 g/mol. The van der Waals surface area contributed by atoms with Gasteiger partial charge in [0.25, 0.3) is 20.0 Å². The fourth-order valence-electron chi connectivity index (χ4n) is 5.23. The highest BCUT2D eigenvalue weighted by atomic mass is 32.3. The molecule has 1 aliphatic heterocycles. The highest BCUT2D eigenvalue weighted by Crippen LogP contribution is 2.34. The Balaban J connectivity index is 1.41. The summed E-state index contributed by atoms with van der Waals surface area (Å²) in [6.45, 7) is 7.88. The molecule has 1 saturated heterocycles. The first kappa shape index (κ1) is 32.5. The van der Waals surface area contributed by atoms with Crippen LogP contribution in [-0.2, 0) is 29.5 Å². The third-order valence-corrected chi connectivity index (χ3v) is 11.9. The molecule has 0 bridgehead atoms. The zero-order valence-electron chi connectivity index (χ0n) is 26.2. The summed E-state index contributed by atoms with van der Waals surface area (Å²) in [5.41, 5.74) is 1.65. The SMILES string of the molecule is Cc1ccc(S(=O)(=O)N(c2ccc3oc(=O)c(-c4cccc(OCC5COC(C)(C)O5)c4)cc3c2)S(=O)(=O)c2ccc(C)cc2)cc1. The van der Waals surface area contributed by atoms with E-state index >= 15 is 0 Å². The minimum absolute atomic E-state index is 0.149. The first-order valence-electron chi connectivity index (χ1n) is 14.8. The average Bonchev–Trinajstić information content (AvgIpc) is 3.38. The number of aryl methyl sites for hydroxylation is 2. The molecule has 0 saturated carbocycles. The molecule has 1 aromatic heterocycles. The van der Waals surface area contributed by atoms with Crippen molar-refractivity contribution in [2.24, 2.45) is 0 Å². The molecule has 6 rings (SSSR count). The van der Waals surface area contributed by atoms with Crippen LogP contribution in [-0.4, -0.2) is 41.9 Å². The van der Waals surface area contributed by atoms with E-state index in [1.54, 1.807) is 62.4 Å². The number of nitrogens with zero attached hydrogens (tertiary/aromatic N) is 1. The van der Waals surface area contributed by atoms with Gasteiger partial charge in [-0.2, -0.15) is 3.71 Å². The molecule has 0 N–H and O–H groups in total. The Bertz CT molecular complexity index is 2150. The second-order valence-corrected chi connectivity index (χ2v) is 15.6. The number of anilines is 1. The van der Waals surface area contributed by atoms with Gasteiger partial charge in [0.2, 0.25) is 0 Å². The van der Waals surface area contributed by atoms with Crippen LogP contribution in [0.15, 0.2) is 116 Å². The van der Waals surface area contributed by atoms with Crippen molar-refractivity contribution < 1.29 is 35.5 Å². The minimum Gasteiger partial charge on any atom is -0.491 e. The highest BCUT2D eigenvalue weighted by Gasteiger charge is 2.37. The maximum absolute atomic E-state index is 14.1. The molecule has 10 nitrogen and oxygen atoms in total. The summed E-state index contributed by atoms with van der Waals surface area (Å²) in [6, 6.07) is 24.3. The van der Waals surface area contributed by atoms with E-state index in [9.17, 15) is 21.6 Å². The number of sulfonamides is 2. The van der Waals surface area contributed by atoms with Gasteiger partial charge >= 0.3 is 5.63 Å². The summed E-state index contributed by atoms with van der Waals surface area (Å²) >= 11 is 0. The minimum atomic E-state index is -4.64. The molecule has 244 valence electrons. The molecule has 0 aliphatic carbocycles. The largest absolute Gasteiger partial charge is 0.491 e. The monoisotopic (exact) mass is 675 g/mol. The van der Waals surface area contributed by atoms with E-state index in [4.69, 9.17) is 18.6 Å². The van der Waals surface area contributed by atoms with Crippen molar-refractivity contribution in [1.82, 2.24) is 0 Å². The standard InChI is InChI=1S/C35H33NO9S2/c1-23-8-13-30(14-9-23)46(38,39)36(47(40,41)31-15-10-24(2)11-16-31)27-12-17-33-26(18-27)20-32(34(37)44-33)25-6-5-7-28(19-25)42-21-29-22-43-35(3,4)45-29/h5-20,29H,21-22H2,1-4H3. The van der Waals surface area contributed by atoms with E-state index < -0.39 is 31.5 Å². The number of hydrogen-bond donors (Lipinski definition) is 0. The second kappa shape index (κ2) is 12.3. The zero-order chi connectivity index (χ0) is 33.6. The molecule has 0 spiro atoms. The molecule has 1 atom stereocenters. The lowest BCUT2D eigenvalue weighted by molar-refractivity contribution is -0.141. The predicted molar refractivity (Wildman–Crippen MR) is 178 cm³/mol. The second-order valence-electron chi connectivity index (χ2n) is 11.8. The van der Waals surface area contributed by atoms with Gasteiger partial charge in [-0.1, -0.05) is 47.5 Å². The summed E-state index contributed by atoms with van der Waals surface area (Å²) in [5.74, 6) is -0.198. The normalized spacial score (nSPS) is 16.3. The third kappa shape index (κ3) is 6.68. The number of fused-ring (bicyclic) bond motifs is 1. The van der Waals surface area contributed by atoms with Crippen LogP contribution in [0.5, 0.6) is 5.75 Å². The lowest BCUT2D eigenvalue weighted by Gasteiger charge is -2.24. The Hall–Kier alpha value is -4.49. The Morgan fingerprint density at radius 1 is 0.809 bits per heavy atom. The number of hydrogen-bond acceptors (Lipinski definition) is 9. The smallest absolute Gasteiger partial charge is 0.344 e. The molecule has 5 aromatic rings. The van der Waals surface area contributed by atoms with Gasteiger partial charge in [0.1, 0.15) is 24.0 Å². The molecule has 4 aromatic carbocycles. The van der Waals surface area contributed by atoms with Crippen LogP contribution in [0.1, 0.15) is 25.0 Å². The summed E-state index contributed by atoms with van der Waals surface area (Å²) < 4.78 is 79.7. The number of rotatable bonds is 9. The fourth-order valence-corrected chi connectivity index (χ4v) is 8.91. The van der Waals surface area contributed by atoms with Gasteiger partial charge in [-0.3, -0.25) is 0 Å². The maximum Gasteiger partial charge on any atom is 0.344 e. The number of ether oxygens (including phenoxy) is 3. The van der Waals surface area contributed by atoms with Crippen molar-refractivity contribution in [3.63, 3.8) is 0 Å². The molecule has 12 heteroatoms. The molecule has 1 fully saturated rings. The van der Waals surface area contributed by atoms with E-state index in [1.807, 2.05) is 13.8 Å². The summed E-state index contributed by atoms with van der Waals surface area (Å²) in [4.78, 5) is 12.7. The third-order valence-electron chi connectivity index (χ3n) is 7.65. The number of benzene rings is 4.